The van der Waals surface area contributed by atoms with Gasteiger partial charge < -0.3 is 5.32 Å². The van der Waals surface area contributed by atoms with Gasteiger partial charge in [0, 0.05) is 0 Å². The van der Waals surface area contributed by atoms with Gasteiger partial charge in [0.25, 0.3) is 10.0 Å². The Hall–Kier alpha value is -3.12. The van der Waals surface area contributed by atoms with Crippen LogP contribution in [0.15, 0.2) is 77.7 Å². The molecule has 162 valence electrons. The lowest BCUT2D eigenvalue weighted by atomic mass is 10.1. The van der Waals surface area contributed by atoms with Crippen molar-refractivity contribution in [3.63, 3.8) is 0 Å². The zero-order valence-corrected chi connectivity index (χ0v) is 19.1. The molecule has 0 aliphatic carbocycles. The van der Waals surface area contributed by atoms with Crippen LogP contribution < -0.4 is 9.62 Å². The number of carbonyl (C=O) groups excluding carboxylic acids is 1. The first-order valence-corrected chi connectivity index (χ1v) is 11.6. The highest BCUT2D eigenvalue weighted by Gasteiger charge is 2.27. The van der Waals surface area contributed by atoms with Crippen LogP contribution in [0.2, 0.25) is 0 Å². The van der Waals surface area contributed by atoms with E-state index in [0.717, 1.165) is 22.3 Å². The highest BCUT2D eigenvalue weighted by molar-refractivity contribution is 7.92. The largest absolute Gasteiger partial charge is 0.348 e. The number of aryl methyl sites for hydroxylation is 3. The molecule has 6 heteroatoms. The summed E-state index contributed by atoms with van der Waals surface area (Å²) in [7, 11) is -3.91. The second-order valence-electron chi connectivity index (χ2n) is 7.79. The smallest absolute Gasteiger partial charge is 0.264 e. The minimum absolute atomic E-state index is 0.146. The molecule has 0 saturated heterocycles. The number of carbonyl (C=O) groups is 1. The number of benzene rings is 3. The van der Waals surface area contributed by atoms with Gasteiger partial charge >= 0.3 is 0 Å². The molecule has 0 fully saturated rings. The fraction of sp³-hybridized carbons (Fsp3) is 0.240. The van der Waals surface area contributed by atoms with E-state index in [1.807, 2.05) is 58.0 Å². The molecule has 0 saturated carbocycles. The van der Waals surface area contributed by atoms with Crippen molar-refractivity contribution in [3.05, 3.63) is 95.1 Å². The second kappa shape index (κ2) is 9.35. The van der Waals surface area contributed by atoms with Crippen LogP contribution in [-0.2, 0) is 14.8 Å². The Morgan fingerprint density at radius 2 is 1.55 bits per heavy atom. The van der Waals surface area contributed by atoms with E-state index in [-0.39, 0.29) is 23.4 Å². The molecule has 5 nitrogen and oxygen atoms in total. The number of anilines is 1. The Labute approximate surface area is 184 Å². The first kappa shape index (κ1) is 22.6. The summed E-state index contributed by atoms with van der Waals surface area (Å²) in [4.78, 5) is 13.0. The molecule has 0 radical (unpaired) electrons. The first-order valence-electron chi connectivity index (χ1n) is 10.2. The third-order valence-electron chi connectivity index (χ3n) is 5.35. The molecule has 3 aromatic rings. The van der Waals surface area contributed by atoms with E-state index in [9.17, 15) is 13.2 Å². The van der Waals surface area contributed by atoms with Crippen molar-refractivity contribution < 1.29 is 13.2 Å². The van der Waals surface area contributed by atoms with Crippen molar-refractivity contribution in [3.8, 4) is 0 Å². The second-order valence-corrected chi connectivity index (χ2v) is 9.66. The summed E-state index contributed by atoms with van der Waals surface area (Å²) in [6.45, 7) is 7.46. The lowest BCUT2D eigenvalue weighted by Gasteiger charge is -2.25. The standard InChI is InChI=1S/C25H28N2O3S/c1-18-10-13-22(14-11-18)21(4)26-25(28)17-27(23-15-12-19(2)20(3)16-23)31(29,30)24-8-6-5-7-9-24/h5-16,21H,17H2,1-4H3,(H,26,28)/t21-/m0/s1. The molecule has 3 aromatic carbocycles. The van der Waals surface area contributed by atoms with Gasteiger partial charge in [-0.15, -0.1) is 0 Å². The van der Waals surface area contributed by atoms with Gasteiger partial charge in [-0.1, -0.05) is 54.1 Å². The Morgan fingerprint density at radius 1 is 0.903 bits per heavy atom. The van der Waals surface area contributed by atoms with Crippen LogP contribution in [0, 0.1) is 20.8 Å². The average Bonchev–Trinajstić information content (AvgIpc) is 2.75. The van der Waals surface area contributed by atoms with Gasteiger partial charge in [-0.05, 0) is 68.7 Å². The van der Waals surface area contributed by atoms with E-state index in [1.165, 1.54) is 16.4 Å². The maximum absolute atomic E-state index is 13.4. The van der Waals surface area contributed by atoms with Crippen molar-refractivity contribution >= 4 is 21.6 Å². The topological polar surface area (TPSA) is 66.5 Å². The first-order chi connectivity index (χ1) is 14.7. The number of nitrogens with zero attached hydrogens (tertiary/aromatic N) is 1. The molecule has 0 unspecified atom stereocenters. The molecule has 0 heterocycles. The Balaban J connectivity index is 1.90. The van der Waals surface area contributed by atoms with E-state index in [4.69, 9.17) is 0 Å². The van der Waals surface area contributed by atoms with Gasteiger partial charge in [-0.2, -0.15) is 0 Å². The van der Waals surface area contributed by atoms with E-state index < -0.39 is 10.0 Å². The fourth-order valence-electron chi connectivity index (χ4n) is 3.27. The third kappa shape index (κ3) is 5.33. The maximum atomic E-state index is 13.4. The van der Waals surface area contributed by atoms with E-state index in [1.54, 1.807) is 30.3 Å². The number of amides is 1. The summed E-state index contributed by atoms with van der Waals surface area (Å²) in [5, 5.41) is 2.92. The molecule has 3 rings (SSSR count). The van der Waals surface area contributed by atoms with Crippen molar-refractivity contribution in [2.45, 2.75) is 38.6 Å². The van der Waals surface area contributed by atoms with E-state index in [2.05, 4.69) is 5.32 Å². The van der Waals surface area contributed by atoms with Crippen LogP contribution in [-0.4, -0.2) is 20.9 Å². The lowest BCUT2D eigenvalue weighted by Crippen LogP contribution is -2.41. The van der Waals surface area contributed by atoms with Crippen LogP contribution >= 0.6 is 0 Å². The fourth-order valence-corrected chi connectivity index (χ4v) is 4.71. The zero-order valence-electron chi connectivity index (χ0n) is 18.3. The molecular formula is C25H28N2O3S. The Morgan fingerprint density at radius 3 is 2.16 bits per heavy atom. The minimum Gasteiger partial charge on any atom is -0.348 e. The highest BCUT2D eigenvalue weighted by atomic mass is 32.2. The van der Waals surface area contributed by atoms with Gasteiger partial charge in [0.15, 0.2) is 0 Å². The van der Waals surface area contributed by atoms with Crippen molar-refractivity contribution in [2.75, 3.05) is 10.8 Å². The molecular weight excluding hydrogens is 408 g/mol. The number of nitrogens with one attached hydrogen (secondary N) is 1. The van der Waals surface area contributed by atoms with Crippen LogP contribution in [0.3, 0.4) is 0 Å². The number of sulfonamides is 1. The van der Waals surface area contributed by atoms with Crippen molar-refractivity contribution in [1.29, 1.82) is 0 Å². The summed E-state index contributed by atoms with van der Waals surface area (Å²) < 4.78 is 28.0. The Kier molecular flexibility index (Phi) is 6.81. The van der Waals surface area contributed by atoms with Crippen LogP contribution in [0.25, 0.3) is 0 Å². The molecule has 0 aliphatic heterocycles. The van der Waals surface area contributed by atoms with Gasteiger partial charge in [-0.3, -0.25) is 9.10 Å². The summed E-state index contributed by atoms with van der Waals surface area (Å²) in [5.41, 5.74) is 4.57. The zero-order chi connectivity index (χ0) is 22.6. The normalized spacial score (nSPS) is 12.3. The number of rotatable bonds is 7. The van der Waals surface area contributed by atoms with Crippen LogP contribution in [0.1, 0.15) is 35.2 Å². The lowest BCUT2D eigenvalue weighted by molar-refractivity contribution is -0.120. The summed E-state index contributed by atoms with van der Waals surface area (Å²) in [6.07, 6.45) is 0. The van der Waals surface area contributed by atoms with Crippen LogP contribution in [0.5, 0.6) is 0 Å². The monoisotopic (exact) mass is 436 g/mol. The predicted molar refractivity (Wildman–Crippen MR) is 125 cm³/mol. The molecule has 0 aromatic heterocycles. The molecule has 1 amide bonds. The third-order valence-corrected chi connectivity index (χ3v) is 7.14. The highest BCUT2D eigenvalue weighted by Crippen LogP contribution is 2.26. The average molecular weight is 437 g/mol. The van der Waals surface area contributed by atoms with Crippen LogP contribution in [0.4, 0.5) is 5.69 Å². The van der Waals surface area contributed by atoms with Crippen molar-refractivity contribution in [1.82, 2.24) is 5.32 Å². The molecule has 31 heavy (non-hydrogen) atoms. The summed E-state index contributed by atoms with van der Waals surface area (Å²) >= 11 is 0. The summed E-state index contributed by atoms with van der Waals surface area (Å²) in [6, 6.07) is 21.2. The molecule has 1 N–H and O–H groups in total. The van der Waals surface area contributed by atoms with Gasteiger partial charge in [-0.25, -0.2) is 8.42 Å². The van der Waals surface area contributed by atoms with Gasteiger partial charge in [0.05, 0.1) is 16.6 Å². The van der Waals surface area contributed by atoms with Gasteiger partial charge in [0.1, 0.15) is 6.54 Å². The van der Waals surface area contributed by atoms with E-state index in [0.29, 0.717) is 5.69 Å². The number of hydrogen-bond acceptors (Lipinski definition) is 3. The SMILES string of the molecule is Cc1ccc([C@H](C)NC(=O)CN(c2ccc(C)c(C)c2)S(=O)(=O)c2ccccc2)cc1. The summed E-state index contributed by atoms with van der Waals surface area (Å²) in [5.74, 6) is -0.370. The molecule has 0 bridgehead atoms. The molecule has 1 atom stereocenters. The quantitative estimate of drug-likeness (QED) is 0.585. The van der Waals surface area contributed by atoms with Crippen molar-refractivity contribution in [2.24, 2.45) is 0 Å². The Bertz CT molecular complexity index is 1160. The van der Waals surface area contributed by atoms with E-state index >= 15 is 0 Å². The number of hydrogen-bond donors (Lipinski definition) is 1. The predicted octanol–water partition coefficient (Wildman–Crippen LogP) is 4.68. The maximum Gasteiger partial charge on any atom is 0.264 e. The molecule has 0 spiro atoms. The molecule has 0 aliphatic rings. The van der Waals surface area contributed by atoms with Gasteiger partial charge in [0.2, 0.25) is 5.91 Å². The minimum atomic E-state index is -3.91.